The lowest BCUT2D eigenvalue weighted by Gasteiger charge is -2.12. The molecule has 1 aromatic heterocycles. The minimum absolute atomic E-state index is 0.0358. The lowest BCUT2D eigenvalue weighted by Crippen LogP contribution is -2.33. The van der Waals surface area contributed by atoms with Gasteiger partial charge in [0.2, 0.25) is 0 Å². The zero-order valence-corrected chi connectivity index (χ0v) is 12.9. The average Bonchev–Trinajstić information content (AvgIpc) is 2.59. The highest BCUT2D eigenvalue weighted by Crippen LogP contribution is 2.12. The van der Waals surface area contributed by atoms with Gasteiger partial charge in [-0.15, -0.1) is 0 Å². The molecule has 0 saturated carbocycles. The van der Waals surface area contributed by atoms with Gasteiger partial charge < -0.3 is 15.2 Å². The third-order valence-corrected chi connectivity index (χ3v) is 3.15. The molecule has 1 amide bonds. The van der Waals surface area contributed by atoms with Gasteiger partial charge >= 0.3 is 0 Å². The lowest BCUT2D eigenvalue weighted by atomic mass is 10.1. The molecule has 1 aromatic carbocycles. The van der Waals surface area contributed by atoms with Crippen LogP contribution in [0.2, 0.25) is 0 Å². The molecule has 0 fully saturated rings. The van der Waals surface area contributed by atoms with E-state index in [-0.39, 0.29) is 18.0 Å². The average molecular weight is 336 g/mol. The maximum Gasteiger partial charge on any atom is 0.272 e. The number of carbonyl (C=O) groups excluding carboxylic acids is 1. The van der Waals surface area contributed by atoms with Crippen LogP contribution >= 0.6 is 0 Å². The zero-order valence-electron chi connectivity index (χ0n) is 12.9. The van der Waals surface area contributed by atoms with Crippen molar-refractivity contribution in [3.8, 4) is 5.75 Å². The second kappa shape index (κ2) is 8.93. The quantitative estimate of drug-likeness (QED) is 0.774. The number of nitrogens with zero attached hydrogens (tertiary/aromatic N) is 1. The number of rotatable bonds is 8. The topological polar surface area (TPSA) is 71.5 Å². The smallest absolute Gasteiger partial charge is 0.272 e. The van der Waals surface area contributed by atoms with E-state index in [1.807, 2.05) is 30.3 Å². The number of halogens is 2. The molecular formula is C17H18F2N2O3. The molecule has 7 heteroatoms. The molecule has 0 aliphatic carbocycles. The van der Waals surface area contributed by atoms with Crippen molar-refractivity contribution in [1.29, 1.82) is 0 Å². The van der Waals surface area contributed by atoms with Gasteiger partial charge in [-0.05, 0) is 11.6 Å². The number of pyridine rings is 1. The molecule has 0 spiro atoms. The fraction of sp³-hybridized carbons (Fsp3) is 0.294. The SMILES string of the molecule is O=C(NCC(O)Cc1ccccc1)c1cc(OCC(F)F)ccn1. The number of hydrogen-bond donors (Lipinski definition) is 2. The first-order valence-corrected chi connectivity index (χ1v) is 7.42. The van der Waals surface area contributed by atoms with E-state index >= 15 is 0 Å². The summed E-state index contributed by atoms with van der Waals surface area (Å²) in [6.45, 7) is -0.696. The Labute approximate surface area is 138 Å². The van der Waals surface area contributed by atoms with E-state index in [4.69, 9.17) is 4.74 Å². The fourth-order valence-electron chi connectivity index (χ4n) is 2.04. The number of hydrogen-bond acceptors (Lipinski definition) is 4. The normalized spacial score (nSPS) is 12.0. The first-order chi connectivity index (χ1) is 11.5. The predicted molar refractivity (Wildman–Crippen MR) is 84.2 cm³/mol. The first-order valence-electron chi connectivity index (χ1n) is 7.42. The van der Waals surface area contributed by atoms with Crippen LogP contribution in [0.1, 0.15) is 16.1 Å². The molecule has 0 aliphatic heterocycles. The van der Waals surface area contributed by atoms with Crippen molar-refractivity contribution in [2.24, 2.45) is 0 Å². The number of amides is 1. The summed E-state index contributed by atoms with van der Waals surface area (Å²) < 4.78 is 29.1. The number of nitrogens with one attached hydrogen (secondary N) is 1. The Balaban J connectivity index is 1.84. The summed E-state index contributed by atoms with van der Waals surface area (Å²) in [7, 11) is 0. The van der Waals surface area contributed by atoms with E-state index in [2.05, 4.69) is 10.3 Å². The Morgan fingerprint density at radius 3 is 2.71 bits per heavy atom. The van der Waals surface area contributed by atoms with Gasteiger partial charge in [0.25, 0.3) is 12.3 Å². The summed E-state index contributed by atoms with van der Waals surface area (Å²) in [5, 5.41) is 12.5. The minimum atomic E-state index is -2.59. The van der Waals surface area contributed by atoms with Gasteiger partial charge in [0.1, 0.15) is 18.1 Å². The highest BCUT2D eigenvalue weighted by atomic mass is 19.3. The minimum Gasteiger partial charge on any atom is -0.488 e. The van der Waals surface area contributed by atoms with Crippen LogP contribution in [0.5, 0.6) is 5.75 Å². The number of aliphatic hydroxyl groups excluding tert-OH is 1. The molecule has 2 rings (SSSR count). The molecule has 5 nitrogen and oxygen atoms in total. The highest BCUT2D eigenvalue weighted by Gasteiger charge is 2.12. The highest BCUT2D eigenvalue weighted by molar-refractivity contribution is 5.92. The largest absolute Gasteiger partial charge is 0.488 e. The summed E-state index contributed by atoms with van der Waals surface area (Å²) in [4.78, 5) is 15.9. The molecule has 2 aromatic rings. The monoisotopic (exact) mass is 336 g/mol. The van der Waals surface area contributed by atoms with Gasteiger partial charge in [0.15, 0.2) is 0 Å². The molecular weight excluding hydrogens is 318 g/mol. The molecule has 0 aliphatic rings. The first kappa shape index (κ1) is 17.8. The van der Waals surface area contributed by atoms with Crippen molar-refractivity contribution < 1.29 is 23.4 Å². The second-order valence-corrected chi connectivity index (χ2v) is 5.13. The van der Waals surface area contributed by atoms with Crippen molar-refractivity contribution in [3.63, 3.8) is 0 Å². The van der Waals surface area contributed by atoms with Crippen molar-refractivity contribution in [2.75, 3.05) is 13.2 Å². The van der Waals surface area contributed by atoms with Gasteiger partial charge in [-0.25, -0.2) is 8.78 Å². The van der Waals surface area contributed by atoms with Gasteiger partial charge in [0.05, 0.1) is 6.10 Å². The van der Waals surface area contributed by atoms with Crippen molar-refractivity contribution in [2.45, 2.75) is 19.0 Å². The van der Waals surface area contributed by atoms with E-state index < -0.39 is 25.0 Å². The van der Waals surface area contributed by atoms with Crippen LogP contribution < -0.4 is 10.1 Å². The summed E-state index contributed by atoms with van der Waals surface area (Å²) in [6, 6.07) is 12.1. The van der Waals surface area contributed by atoms with Crippen LogP contribution in [-0.4, -0.2) is 41.7 Å². The van der Waals surface area contributed by atoms with Crippen LogP contribution in [0.15, 0.2) is 48.7 Å². The third kappa shape index (κ3) is 5.92. The third-order valence-electron chi connectivity index (χ3n) is 3.15. The van der Waals surface area contributed by atoms with Gasteiger partial charge in [-0.1, -0.05) is 30.3 Å². The van der Waals surface area contributed by atoms with Crippen LogP contribution in [0.3, 0.4) is 0 Å². The van der Waals surface area contributed by atoms with Crippen LogP contribution in [0.4, 0.5) is 8.78 Å². The Morgan fingerprint density at radius 2 is 2.00 bits per heavy atom. The van der Waals surface area contributed by atoms with E-state index in [1.165, 1.54) is 18.3 Å². The second-order valence-electron chi connectivity index (χ2n) is 5.13. The Bertz CT molecular complexity index is 653. The zero-order chi connectivity index (χ0) is 17.4. The number of carbonyl (C=O) groups is 1. The van der Waals surface area contributed by atoms with E-state index in [0.717, 1.165) is 5.56 Å². The summed E-state index contributed by atoms with van der Waals surface area (Å²) in [6.07, 6.45) is -1.62. The fourth-order valence-corrected chi connectivity index (χ4v) is 2.04. The van der Waals surface area contributed by atoms with E-state index in [1.54, 1.807) is 0 Å². The number of alkyl halides is 2. The Hall–Kier alpha value is -2.54. The Morgan fingerprint density at radius 1 is 1.25 bits per heavy atom. The van der Waals surface area contributed by atoms with E-state index in [9.17, 15) is 18.7 Å². The standard InChI is InChI=1S/C17H18F2N2O3/c18-16(19)11-24-14-6-7-20-15(9-14)17(23)21-10-13(22)8-12-4-2-1-3-5-12/h1-7,9,13,16,22H,8,10-11H2,(H,21,23). The van der Waals surface area contributed by atoms with Gasteiger partial charge in [0, 0.05) is 25.2 Å². The molecule has 0 bridgehead atoms. The molecule has 1 heterocycles. The maximum atomic E-state index is 12.1. The Kier molecular flexibility index (Phi) is 6.62. The van der Waals surface area contributed by atoms with Gasteiger partial charge in [-0.3, -0.25) is 9.78 Å². The van der Waals surface area contributed by atoms with Crippen molar-refractivity contribution in [1.82, 2.24) is 10.3 Å². The summed E-state index contributed by atoms with van der Waals surface area (Å²) in [5.74, 6) is -0.370. The summed E-state index contributed by atoms with van der Waals surface area (Å²) >= 11 is 0. The number of benzene rings is 1. The molecule has 2 N–H and O–H groups in total. The molecule has 0 saturated heterocycles. The van der Waals surface area contributed by atoms with E-state index in [0.29, 0.717) is 6.42 Å². The molecule has 0 radical (unpaired) electrons. The number of ether oxygens (including phenoxy) is 1. The molecule has 1 atom stereocenters. The number of aromatic nitrogens is 1. The van der Waals surface area contributed by atoms with Crippen molar-refractivity contribution in [3.05, 3.63) is 59.9 Å². The number of aliphatic hydroxyl groups is 1. The lowest BCUT2D eigenvalue weighted by molar-refractivity contribution is 0.0816. The molecule has 128 valence electrons. The van der Waals surface area contributed by atoms with Crippen LogP contribution in [0, 0.1) is 0 Å². The van der Waals surface area contributed by atoms with Crippen LogP contribution in [-0.2, 0) is 6.42 Å². The molecule has 1 unspecified atom stereocenters. The maximum absolute atomic E-state index is 12.1. The van der Waals surface area contributed by atoms with Gasteiger partial charge in [-0.2, -0.15) is 0 Å². The molecule has 24 heavy (non-hydrogen) atoms. The van der Waals surface area contributed by atoms with Crippen molar-refractivity contribution >= 4 is 5.91 Å². The predicted octanol–water partition coefficient (Wildman–Crippen LogP) is 2.06. The van der Waals surface area contributed by atoms with Crippen LogP contribution in [0.25, 0.3) is 0 Å². The summed E-state index contributed by atoms with van der Waals surface area (Å²) in [5.41, 5.74) is 0.994.